The van der Waals surface area contributed by atoms with Gasteiger partial charge in [0.2, 0.25) is 0 Å². The SMILES string of the molecule is CC1C(NC(=O)c2ccc(F)c(F)c2)NNC1C1CC1. The number of hydrogen-bond acceptors (Lipinski definition) is 3. The van der Waals surface area contributed by atoms with Crippen LogP contribution in [0.1, 0.15) is 30.1 Å². The molecular weight excluding hydrogens is 264 g/mol. The first kappa shape index (κ1) is 13.5. The van der Waals surface area contributed by atoms with Crippen molar-refractivity contribution in [1.82, 2.24) is 16.2 Å². The molecule has 1 aliphatic heterocycles. The summed E-state index contributed by atoms with van der Waals surface area (Å²) >= 11 is 0. The van der Waals surface area contributed by atoms with E-state index in [0.29, 0.717) is 12.0 Å². The summed E-state index contributed by atoms with van der Waals surface area (Å²) in [5.74, 6) is -1.46. The fourth-order valence-corrected chi connectivity index (χ4v) is 2.69. The average molecular weight is 281 g/mol. The van der Waals surface area contributed by atoms with E-state index in [-0.39, 0.29) is 17.6 Å². The Kier molecular flexibility index (Phi) is 3.43. The Hall–Kier alpha value is -1.53. The molecule has 6 heteroatoms. The maximum atomic E-state index is 13.1. The zero-order valence-electron chi connectivity index (χ0n) is 11.1. The summed E-state index contributed by atoms with van der Waals surface area (Å²) < 4.78 is 26.0. The lowest BCUT2D eigenvalue weighted by molar-refractivity contribution is 0.0922. The topological polar surface area (TPSA) is 53.2 Å². The Labute approximate surface area is 115 Å². The Morgan fingerprint density at radius 3 is 2.65 bits per heavy atom. The van der Waals surface area contributed by atoms with Crippen molar-refractivity contribution in [3.63, 3.8) is 0 Å². The molecule has 1 aromatic carbocycles. The normalized spacial score (nSPS) is 29.4. The molecule has 0 radical (unpaired) electrons. The molecule has 1 aliphatic carbocycles. The number of nitrogens with one attached hydrogen (secondary N) is 3. The second-order valence-corrected chi connectivity index (χ2v) is 5.59. The van der Waals surface area contributed by atoms with Crippen LogP contribution in [0.15, 0.2) is 18.2 Å². The van der Waals surface area contributed by atoms with Gasteiger partial charge in [-0.05, 0) is 37.0 Å². The van der Waals surface area contributed by atoms with Gasteiger partial charge in [0.05, 0.1) is 6.17 Å². The molecule has 3 atom stereocenters. The predicted octanol–water partition coefficient (Wildman–Crippen LogP) is 1.54. The maximum absolute atomic E-state index is 13.1. The van der Waals surface area contributed by atoms with Crippen molar-refractivity contribution in [2.75, 3.05) is 0 Å². The van der Waals surface area contributed by atoms with E-state index < -0.39 is 17.5 Å². The van der Waals surface area contributed by atoms with Gasteiger partial charge in [-0.3, -0.25) is 10.2 Å². The lowest BCUT2D eigenvalue weighted by Crippen LogP contribution is -2.46. The van der Waals surface area contributed by atoms with Crippen LogP contribution in [0.2, 0.25) is 0 Å². The van der Waals surface area contributed by atoms with Crippen LogP contribution in [-0.2, 0) is 0 Å². The van der Waals surface area contributed by atoms with Crippen LogP contribution in [-0.4, -0.2) is 18.1 Å². The van der Waals surface area contributed by atoms with E-state index in [9.17, 15) is 13.6 Å². The summed E-state index contributed by atoms with van der Waals surface area (Å²) in [7, 11) is 0. The number of amides is 1. The second kappa shape index (κ2) is 5.10. The molecule has 2 aliphatic rings. The number of carbonyl (C=O) groups excluding carboxylic acids is 1. The van der Waals surface area contributed by atoms with Gasteiger partial charge in [0, 0.05) is 17.5 Å². The molecule has 1 saturated carbocycles. The van der Waals surface area contributed by atoms with Gasteiger partial charge in [-0.2, -0.15) is 0 Å². The van der Waals surface area contributed by atoms with Crippen molar-refractivity contribution >= 4 is 5.91 Å². The Morgan fingerprint density at radius 1 is 1.25 bits per heavy atom. The molecule has 2 fully saturated rings. The lowest BCUT2D eigenvalue weighted by atomic mass is 9.97. The van der Waals surface area contributed by atoms with E-state index in [1.165, 1.54) is 18.9 Å². The number of hydrazine groups is 1. The Morgan fingerprint density at radius 2 is 2.00 bits per heavy atom. The molecule has 0 spiro atoms. The smallest absolute Gasteiger partial charge is 0.252 e. The van der Waals surface area contributed by atoms with Crippen LogP contribution in [0.3, 0.4) is 0 Å². The maximum Gasteiger partial charge on any atom is 0.252 e. The minimum Gasteiger partial charge on any atom is -0.335 e. The van der Waals surface area contributed by atoms with E-state index in [0.717, 1.165) is 12.1 Å². The fraction of sp³-hybridized carbons (Fsp3) is 0.500. The highest BCUT2D eigenvalue weighted by atomic mass is 19.2. The molecular formula is C14H17F2N3O. The van der Waals surface area contributed by atoms with Gasteiger partial charge in [-0.1, -0.05) is 6.92 Å². The molecule has 1 saturated heterocycles. The third kappa shape index (κ3) is 2.53. The molecule has 108 valence electrons. The van der Waals surface area contributed by atoms with Crippen LogP contribution in [0.5, 0.6) is 0 Å². The van der Waals surface area contributed by atoms with Gasteiger partial charge in [0.15, 0.2) is 11.6 Å². The quantitative estimate of drug-likeness (QED) is 0.788. The van der Waals surface area contributed by atoms with Crippen LogP contribution < -0.4 is 16.2 Å². The van der Waals surface area contributed by atoms with E-state index in [2.05, 4.69) is 23.1 Å². The highest BCUT2D eigenvalue weighted by Gasteiger charge is 2.42. The van der Waals surface area contributed by atoms with Crippen molar-refractivity contribution < 1.29 is 13.6 Å². The molecule has 3 N–H and O–H groups in total. The summed E-state index contributed by atoms with van der Waals surface area (Å²) in [6.45, 7) is 2.06. The highest BCUT2D eigenvalue weighted by Crippen LogP contribution is 2.37. The third-order valence-electron chi connectivity index (χ3n) is 4.10. The first-order chi connectivity index (χ1) is 9.56. The highest BCUT2D eigenvalue weighted by molar-refractivity contribution is 5.94. The average Bonchev–Trinajstić information content (AvgIpc) is 3.19. The molecule has 20 heavy (non-hydrogen) atoms. The number of halogens is 2. The van der Waals surface area contributed by atoms with E-state index in [4.69, 9.17) is 0 Å². The molecule has 4 nitrogen and oxygen atoms in total. The van der Waals surface area contributed by atoms with Crippen molar-refractivity contribution in [2.24, 2.45) is 11.8 Å². The van der Waals surface area contributed by atoms with Gasteiger partial charge in [-0.15, -0.1) is 0 Å². The molecule has 1 heterocycles. The minimum absolute atomic E-state index is 0.118. The monoisotopic (exact) mass is 281 g/mol. The summed E-state index contributed by atoms with van der Waals surface area (Å²) in [5, 5.41) is 2.80. The van der Waals surface area contributed by atoms with Crippen LogP contribution in [0.4, 0.5) is 8.78 Å². The summed E-state index contributed by atoms with van der Waals surface area (Å²) in [5.41, 5.74) is 6.37. The van der Waals surface area contributed by atoms with Gasteiger partial charge in [0.25, 0.3) is 5.91 Å². The molecule has 1 amide bonds. The number of benzene rings is 1. The van der Waals surface area contributed by atoms with E-state index in [1.54, 1.807) is 0 Å². The first-order valence-corrected chi connectivity index (χ1v) is 6.83. The number of hydrogen-bond donors (Lipinski definition) is 3. The second-order valence-electron chi connectivity index (χ2n) is 5.59. The predicted molar refractivity (Wildman–Crippen MR) is 69.6 cm³/mol. The molecule has 3 unspecified atom stereocenters. The third-order valence-corrected chi connectivity index (χ3v) is 4.10. The van der Waals surface area contributed by atoms with E-state index in [1.807, 2.05) is 0 Å². The zero-order valence-corrected chi connectivity index (χ0v) is 11.1. The lowest BCUT2D eigenvalue weighted by Gasteiger charge is -2.19. The molecule has 3 rings (SSSR count). The summed E-state index contributed by atoms with van der Waals surface area (Å²) in [6.07, 6.45) is 2.22. The van der Waals surface area contributed by atoms with Crippen molar-refractivity contribution in [2.45, 2.75) is 32.0 Å². The standard InChI is InChI=1S/C14H17F2N3O/c1-7-12(8-2-3-8)18-19-13(7)17-14(20)9-4-5-10(15)11(16)6-9/h4-8,12-13,18-19H,2-3H2,1H3,(H,17,20). The largest absolute Gasteiger partial charge is 0.335 e. The van der Waals surface area contributed by atoms with Crippen LogP contribution in [0.25, 0.3) is 0 Å². The Bertz CT molecular complexity index is 533. The van der Waals surface area contributed by atoms with Crippen LogP contribution in [0, 0.1) is 23.5 Å². The fourth-order valence-electron chi connectivity index (χ4n) is 2.69. The Balaban J connectivity index is 1.65. The molecule has 1 aromatic rings. The van der Waals surface area contributed by atoms with Crippen LogP contribution >= 0.6 is 0 Å². The van der Waals surface area contributed by atoms with Gasteiger partial charge < -0.3 is 5.32 Å². The van der Waals surface area contributed by atoms with E-state index >= 15 is 0 Å². The number of carbonyl (C=O) groups is 1. The van der Waals surface area contributed by atoms with Crippen molar-refractivity contribution in [3.05, 3.63) is 35.4 Å². The molecule has 0 aromatic heterocycles. The van der Waals surface area contributed by atoms with Crippen molar-refractivity contribution in [3.8, 4) is 0 Å². The summed E-state index contributed by atoms with van der Waals surface area (Å²) in [6, 6.07) is 3.50. The van der Waals surface area contributed by atoms with Crippen molar-refractivity contribution in [1.29, 1.82) is 0 Å². The van der Waals surface area contributed by atoms with Gasteiger partial charge >= 0.3 is 0 Å². The first-order valence-electron chi connectivity index (χ1n) is 6.83. The summed E-state index contributed by atoms with van der Waals surface area (Å²) in [4.78, 5) is 12.0. The number of rotatable bonds is 3. The van der Waals surface area contributed by atoms with Gasteiger partial charge in [0.1, 0.15) is 0 Å². The zero-order chi connectivity index (χ0) is 14.3. The molecule has 0 bridgehead atoms. The minimum atomic E-state index is -1.01. The van der Waals surface area contributed by atoms with Gasteiger partial charge in [-0.25, -0.2) is 14.2 Å².